The molecule has 6 rings (SSSR count). The van der Waals surface area contributed by atoms with Crippen molar-refractivity contribution in [3.63, 3.8) is 0 Å². The molecule has 2 atom stereocenters. The molecular weight excluding hydrogens is 793 g/mol. The van der Waals surface area contributed by atoms with Crippen molar-refractivity contribution in [2.75, 3.05) is 19.7 Å². The molecule has 2 aromatic carbocycles. The molecule has 3 aliphatic rings. The highest BCUT2D eigenvalue weighted by molar-refractivity contribution is 6.42. The summed E-state index contributed by atoms with van der Waals surface area (Å²) in [6, 6.07) is 7.42. The Morgan fingerprint density at radius 1 is 0.946 bits per heavy atom. The molecule has 2 fully saturated rings. The molecule has 3 heterocycles. The van der Waals surface area contributed by atoms with Crippen LogP contribution in [0.5, 0.6) is 5.75 Å². The second-order valence-corrected chi connectivity index (χ2v) is 17.4. The van der Waals surface area contributed by atoms with Crippen molar-refractivity contribution in [3.05, 3.63) is 85.7 Å². The van der Waals surface area contributed by atoms with Gasteiger partial charge in [0.25, 0.3) is 5.91 Å². The molecule has 11 nitrogen and oxygen atoms in total. The maximum Gasteiger partial charge on any atom is 0.411 e. The van der Waals surface area contributed by atoms with Gasteiger partial charge in [-0.2, -0.15) is 0 Å². The first-order valence-electron chi connectivity index (χ1n) is 18.5. The number of rotatable bonds is 10. The Hall–Kier alpha value is -4.07. The zero-order valence-corrected chi connectivity index (χ0v) is 34.4. The standard InChI is InChI=1S/C40H45Cl3F2N4O7/c1-39(2,3)54-37(51)47-20-25-18-26(31-17-23(46-56-31)10-8-16-53-35-29(44)15-14-28(42)34(35)45)32(30(21-47)49(25)38(52)55-40(4,5)6)36(50)48(24-12-13-24)19-22-9-7-11-27(41)33(22)43/h7,9,11,14-15,17,24-25,30H,8,10,12-13,16,18-21H2,1-6H3. The summed E-state index contributed by atoms with van der Waals surface area (Å²) in [6.07, 6.45) is 1.08. The van der Waals surface area contributed by atoms with Crippen molar-refractivity contribution >= 4 is 58.5 Å². The number of halogens is 5. The number of fused-ring (bicyclic) bond motifs is 2. The third-order valence-electron chi connectivity index (χ3n) is 9.44. The predicted molar refractivity (Wildman–Crippen MR) is 207 cm³/mol. The van der Waals surface area contributed by atoms with Gasteiger partial charge in [-0.1, -0.05) is 52.1 Å². The van der Waals surface area contributed by atoms with Crippen LogP contribution in [0, 0.1) is 11.6 Å². The average Bonchev–Trinajstić information content (AvgIpc) is 3.84. The second-order valence-electron chi connectivity index (χ2n) is 16.2. The molecule has 56 heavy (non-hydrogen) atoms. The van der Waals surface area contributed by atoms with Crippen molar-refractivity contribution in [3.8, 4) is 5.75 Å². The van der Waals surface area contributed by atoms with E-state index < -0.39 is 52.9 Å². The van der Waals surface area contributed by atoms with Crippen LogP contribution in [0.3, 0.4) is 0 Å². The van der Waals surface area contributed by atoms with Gasteiger partial charge in [-0.3, -0.25) is 9.69 Å². The lowest BCUT2D eigenvalue weighted by Gasteiger charge is -2.50. The van der Waals surface area contributed by atoms with Gasteiger partial charge < -0.3 is 28.5 Å². The van der Waals surface area contributed by atoms with E-state index >= 15 is 4.79 Å². The molecule has 302 valence electrons. The second kappa shape index (κ2) is 16.4. The summed E-state index contributed by atoms with van der Waals surface area (Å²) >= 11 is 18.8. The van der Waals surface area contributed by atoms with E-state index in [1.165, 1.54) is 4.90 Å². The summed E-state index contributed by atoms with van der Waals surface area (Å²) in [5, 5.41) is 4.69. The highest BCUT2D eigenvalue weighted by atomic mass is 35.5. The summed E-state index contributed by atoms with van der Waals surface area (Å²) in [6.45, 7) is 10.7. The number of carbonyl (C=O) groups excluding carboxylic acids is 3. The van der Waals surface area contributed by atoms with E-state index in [2.05, 4.69) is 5.16 Å². The minimum absolute atomic E-state index is 0.0410. The van der Waals surface area contributed by atoms with Crippen molar-refractivity contribution in [1.29, 1.82) is 0 Å². The largest absolute Gasteiger partial charge is 0.488 e. The van der Waals surface area contributed by atoms with Crippen LogP contribution in [0.4, 0.5) is 18.4 Å². The molecule has 16 heteroatoms. The molecule has 2 bridgehead atoms. The number of carbonyl (C=O) groups is 3. The molecule has 0 spiro atoms. The maximum atomic E-state index is 15.2. The number of nitrogens with zero attached hydrogens (tertiary/aromatic N) is 4. The van der Waals surface area contributed by atoms with Crippen LogP contribution in [-0.2, 0) is 27.2 Å². The molecule has 2 unspecified atom stereocenters. The van der Waals surface area contributed by atoms with Gasteiger partial charge in [-0.25, -0.2) is 18.4 Å². The molecule has 2 aliphatic heterocycles. The minimum atomic E-state index is -0.981. The molecule has 1 aliphatic carbocycles. The fourth-order valence-electron chi connectivity index (χ4n) is 6.88. The average molecular weight is 838 g/mol. The summed E-state index contributed by atoms with van der Waals surface area (Å²) < 4.78 is 51.5. The Morgan fingerprint density at radius 2 is 1.64 bits per heavy atom. The Kier molecular flexibility index (Phi) is 12.2. The number of hydrogen-bond donors (Lipinski definition) is 0. The number of aromatic nitrogens is 1. The van der Waals surface area contributed by atoms with Gasteiger partial charge in [0.15, 0.2) is 23.1 Å². The highest BCUT2D eigenvalue weighted by Crippen LogP contribution is 2.43. The van der Waals surface area contributed by atoms with Crippen molar-refractivity contribution in [2.45, 2.75) is 110 Å². The van der Waals surface area contributed by atoms with Gasteiger partial charge in [0, 0.05) is 42.9 Å². The van der Waals surface area contributed by atoms with Crippen LogP contribution in [0.25, 0.3) is 5.57 Å². The quantitative estimate of drug-likeness (QED) is 0.147. The van der Waals surface area contributed by atoms with Crippen molar-refractivity contribution in [1.82, 2.24) is 19.9 Å². The first-order chi connectivity index (χ1) is 26.3. The summed E-state index contributed by atoms with van der Waals surface area (Å²) in [5.41, 5.74) is 0.319. The van der Waals surface area contributed by atoms with Crippen LogP contribution >= 0.6 is 34.8 Å². The van der Waals surface area contributed by atoms with E-state index in [1.807, 2.05) is 6.07 Å². The van der Waals surface area contributed by atoms with Gasteiger partial charge in [0.05, 0.1) is 39.5 Å². The van der Waals surface area contributed by atoms with Crippen molar-refractivity contribution in [2.24, 2.45) is 0 Å². The molecule has 0 radical (unpaired) electrons. The lowest BCUT2D eigenvalue weighted by molar-refractivity contribution is -0.129. The Labute approximate surface area is 339 Å². The fraction of sp³-hybridized carbons (Fsp3) is 0.500. The zero-order valence-electron chi connectivity index (χ0n) is 32.1. The van der Waals surface area contributed by atoms with E-state index in [4.69, 9.17) is 53.5 Å². The Balaban J connectivity index is 1.37. The number of piperazine rings is 1. The lowest BCUT2D eigenvalue weighted by Crippen LogP contribution is -2.66. The maximum absolute atomic E-state index is 15.2. The van der Waals surface area contributed by atoms with Crippen LogP contribution < -0.4 is 4.74 Å². The smallest absolute Gasteiger partial charge is 0.411 e. The SMILES string of the molecule is CC(C)(C)OC(=O)N1CC2CC(c3cc(CCCOc4c(F)ccc(Cl)c4F)no3)=C(C(=O)N(Cc3cccc(Cl)c3Cl)C3CC3)C(C1)N2C(=O)OC(C)(C)C. The predicted octanol–water partition coefficient (Wildman–Crippen LogP) is 9.50. The topological polar surface area (TPSA) is 115 Å². The molecular formula is C40H45Cl3F2N4O7. The van der Waals surface area contributed by atoms with Gasteiger partial charge in [-0.15, -0.1) is 0 Å². The summed E-state index contributed by atoms with van der Waals surface area (Å²) in [7, 11) is 0. The third kappa shape index (κ3) is 9.54. The fourth-order valence-corrected chi connectivity index (χ4v) is 7.41. The van der Waals surface area contributed by atoms with E-state index in [0.29, 0.717) is 45.5 Å². The van der Waals surface area contributed by atoms with Crippen molar-refractivity contribution < 1.29 is 41.9 Å². The van der Waals surface area contributed by atoms with Crippen LogP contribution in [-0.4, -0.2) is 87.0 Å². The van der Waals surface area contributed by atoms with Crippen LogP contribution in [0.1, 0.15) is 84.2 Å². The van der Waals surface area contributed by atoms with Crippen LogP contribution in [0.15, 0.2) is 46.5 Å². The minimum Gasteiger partial charge on any atom is -0.488 e. The van der Waals surface area contributed by atoms with Gasteiger partial charge in [0.2, 0.25) is 0 Å². The number of hydrogen-bond acceptors (Lipinski definition) is 8. The molecule has 3 amide bonds. The monoisotopic (exact) mass is 836 g/mol. The number of ether oxygens (including phenoxy) is 3. The van der Waals surface area contributed by atoms with Gasteiger partial charge in [0.1, 0.15) is 11.2 Å². The first-order valence-corrected chi connectivity index (χ1v) is 19.6. The molecule has 1 saturated heterocycles. The molecule has 1 aromatic heterocycles. The normalized spacial score (nSPS) is 18.6. The molecule has 0 N–H and O–H groups in total. The number of aryl methyl sites for hydroxylation is 1. The Bertz CT molecular complexity index is 2020. The lowest BCUT2D eigenvalue weighted by atomic mass is 9.83. The molecule has 3 aromatic rings. The van der Waals surface area contributed by atoms with Gasteiger partial charge in [-0.05, 0) is 97.4 Å². The highest BCUT2D eigenvalue weighted by Gasteiger charge is 2.51. The van der Waals surface area contributed by atoms with Gasteiger partial charge >= 0.3 is 12.2 Å². The first kappa shape index (κ1) is 41.6. The van der Waals surface area contributed by atoms with E-state index in [1.54, 1.807) is 69.5 Å². The Morgan fingerprint density at radius 3 is 2.32 bits per heavy atom. The van der Waals surface area contributed by atoms with E-state index in [-0.39, 0.29) is 55.2 Å². The summed E-state index contributed by atoms with van der Waals surface area (Å²) in [5.74, 6) is -2.46. The number of benzene rings is 2. The summed E-state index contributed by atoms with van der Waals surface area (Å²) in [4.78, 5) is 47.6. The molecule has 1 saturated carbocycles. The van der Waals surface area contributed by atoms with E-state index in [9.17, 15) is 18.4 Å². The van der Waals surface area contributed by atoms with Crippen LogP contribution in [0.2, 0.25) is 15.1 Å². The van der Waals surface area contributed by atoms with E-state index in [0.717, 1.165) is 25.0 Å². The third-order valence-corrected chi connectivity index (χ3v) is 10.6. The number of amides is 3. The zero-order chi connectivity index (χ0) is 40.7.